The fourth-order valence-electron chi connectivity index (χ4n) is 1.74. The van der Waals surface area contributed by atoms with Gasteiger partial charge in [-0.25, -0.2) is 4.98 Å². The molecule has 0 saturated heterocycles. The molecule has 0 aliphatic carbocycles. The van der Waals surface area contributed by atoms with E-state index in [2.05, 4.69) is 4.98 Å². The molecule has 1 N–H and O–H groups in total. The van der Waals surface area contributed by atoms with Gasteiger partial charge >= 0.3 is 5.97 Å². The van der Waals surface area contributed by atoms with Crippen LogP contribution >= 0.6 is 22.9 Å². The highest BCUT2D eigenvalue weighted by molar-refractivity contribution is 7.11. The summed E-state index contributed by atoms with van der Waals surface area (Å²) in [5, 5.41) is 10.9. The molecule has 0 amide bonds. The van der Waals surface area contributed by atoms with Crippen LogP contribution in [0.1, 0.15) is 21.4 Å². The zero-order valence-corrected chi connectivity index (χ0v) is 11.3. The molecule has 3 nitrogen and oxygen atoms in total. The second-order valence-electron chi connectivity index (χ2n) is 3.99. The van der Waals surface area contributed by atoms with Gasteiger partial charge in [0.25, 0.3) is 0 Å². The molecule has 18 heavy (non-hydrogen) atoms. The standard InChI is InChI=1S/C13H12ClNO2S/c1-8-15-7-11(18-8)6-12(13(16)17)9-2-4-10(14)5-3-9/h2-5,7,12H,6H2,1H3,(H,16,17). The first-order valence-electron chi connectivity index (χ1n) is 5.46. The van der Waals surface area contributed by atoms with Crippen LogP contribution in [0.5, 0.6) is 0 Å². The Bertz CT molecular complexity index is 550. The average molecular weight is 282 g/mol. The normalized spacial score (nSPS) is 12.3. The summed E-state index contributed by atoms with van der Waals surface area (Å²) in [6.07, 6.45) is 2.20. The number of carboxylic acid groups (broad SMARTS) is 1. The van der Waals surface area contributed by atoms with Crippen LogP contribution in [0.3, 0.4) is 0 Å². The van der Waals surface area contributed by atoms with E-state index >= 15 is 0 Å². The van der Waals surface area contributed by atoms with E-state index in [1.165, 1.54) is 11.3 Å². The highest BCUT2D eigenvalue weighted by Crippen LogP contribution is 2.25. The van der Waals surface area contributed by atoms with Crippen molar-refractivity contribution in [3.05, 3.63) is 50.9 Å². The molecule has 1 atom stereocenters. The minimum absolute atomic E-state index is 0.461. The second kappa shape index (κ2) is 5.50. The predicted molar refractivity (Wildman–Crippen MR) is 72.4 cm³/mol. The summed E-state index contributed by atoms with van der Waals surface area (Å²) in [6, 6.07) is 6.94. The Balaban J connectivity index is 2.23. The number of thiazole rings is 1. The fraction of sp³-hybridized carbons (Fsp3) is 0.231. The van der Waals surface area contributed by atoms with E-state index < -0.39 is 11.9 Å². The van der Waals surface area contributed by atoms with Crippen LogP contribution in [0.4, 0.5) is 0 Å². The molecule has 0 saturated carbocycles. The lowest BCUT2D eigenvalue weighted by atomic mass is 9.95. The third-order valence-corrected chi connectivity index (χ3v) is 3.83. The van der Waals surface area contributed by atoms with Crippen LogP contribution in [-0.2, 0) is 11.2 Å². The Kier molecular flexibility index (Phi) is 3.99. The van der Waals surface area contributed by atoms with Gasteiger partial charge in [0.1, 0.15) is 0 Å². The molecule has 0 bridgehead atoms. The molecule has 0 aliphatic heterocycles. The lowest BCUT2D eigenvalue weighted by Crippen LogP contribution is -2.13. The predicted octanol–water partition coefficient (Wildman–Crippen LogP) is 3.52. The van der Waals surface area contributed by atoms with Crippen molar-refractivity contribution in [2.24, 2.45) is 0 Å². The molecule has 5 heteroatoms. The molecule has 0 aliphatic rings. The lowest BCUT2D eigenvalue weighted by Gasteiger charge is -2.11. The third-order valence-electron chi connectivity index (χ3n) is 2.64. The number of halogens is 1. The van der Waals surface area contributed by atoms with Crippen molar-refractivity contribution in [1.29, 1.82) is 0 Å². The Morgan fingerprint density at radius 3 is 2.61 bits per heavy atom. The van der Waals surface area contributed by atoms with Gasteiger partial charge in [-0.1, -0.05) is 23.7 Å². The average Bonchev–Trinajstić information content (AvgIpc) is 2.73. The smallest absolute Gasteiger partial charge is 0.311 e. The van der Waals surface area contributed by atoms with Gasteiger partial charge < -0.3 is 5.11 Å². The van der Waals surface area contributed by atoms with E-state index in [4.69, 9.17) is 11.6 Å². The SMILES string of the molecule is Cc1ncc(CC(C(=O)O)c2ccc(Cl)cc2)s1. The summed E-state index contributed by atoms with van der Waals surface area (Å²) < 4.78 is 0. The van der Waals surface area contributed by atoms with E-state index in [-0.39, 0.29) is 0 Å². The van der Waals surface area contributed by atoms with Crippen molar-refractivity contribution in [2.45, 2.75) is 19.3 Å². The molecule has 94 valence electrons. The van der Waals surface area contributed by atoms with Gasteiger partial charge in [-0.15, -0.1) is 11.3 Å². The number of carboxylic acids is 1. The first-order chi connectivity index (χ1) is 8.56. The number of aromatic nitrogens is 1. The minimum Gasteiger partial charge on any atom is -0.481 e. The second-order valence-corrected chi connectivity index (χ2v) is 5.75. The Labute approximate surface area is 114 Å². The van der Waals surface area contributed by atoms with Gasteiger partial charge in [0.05, 0.1) is 10.9 Å². The van der Waals surface area contributed by atoms with Crippen molar-refractivity contribution in [2.75, 3.05) is 0 Å². The first-order valence-corrected chi connectivity index (χ1v) is 6.65. The van der Waals surface area contributed by atoms with Gasteiger partial charge in [0.2, 0.25) is 0 Å². The number of hydrogen-bond donors (Lipinski definition) is 1. The van der Waals surface area contributed by atoms with Crippen molar-refractivity contribution in [3.63, 3.8) is 0 Å². The van der Waals surface area contributed by atoms with E-state index in [1.54, 1.807) is 30.5 Å². The largest absolute Gasteiger partial charge is 0.481 e. The Morgan fingerprint density at radius 2 is 2.11 bits per heavy atom. The van der Waals surface area contributed by atoms with Crippen LogP contribution in [-0.4, -0.2) is 16.1 Å². The molecule has 1 aromatic carbocycles. The quantitative estimate of drug-likeness (QED) is 0.933. The van der Waals surface area contributed by atoms with E-state index in [9.17, 15) is 9.90 Å². The minimum atomic E-state index is -0.830. The zero-order chi connectivity index (χ0) is 13.1. The molecular formula is C13H12ClNO2S. The van der Waals surface area contributed by atoms with E-state index in [1.807, 2.05) is 6.92 Å². The van der Waals surface area contributed by atoms with Crippen molar-refractivity contribution >= 4 is 28.9 Å². The summed E-state index contributed by atoms with van der Waals surface area (Å²) in [5.41, 5.74) is 0.762. The first kappa shape index (κ1) is 13.1. The van der Waals surface area contributed by atoms with Crippen LogP contribution in [0, 0.1) is 6.92 Å². The molecular weight excluding hydrogens is 270 g/mol. The van der Waals surface area contributed by atoms with Gasteiger partial charge in [0.15, 0.2) is 0 Å². The van der Waals surface area contributed by atoms with Crippen LogP contribution in [0.2, 0.25) is 5.02 Å². The molecule has 0 spiro atoms. The zero-order valence-electron chi connectivity index (χ0n) is 9.76. The number of hydrogen-bond acceptors (Lipinski definition) is 3. The number of rotatable bonds is 4. The topological polar surface area (TPSA) is 50.2 Å². The van der Waals surface area contributed by atoms with Crippen LogP contribution in [0.15, 0.2) is 30.5 Å². The maximum absolute atomic E-state index is 11.3. The van der Waals surface area contributed by atoms with Gasteiger partial charge in [-0.2, -0.15) is 0 Å². The van der Waals surface area contributed by atoms with E-state index in [0.29, 0.717) is 11.4 Å². The van der Waals surface area contributed by atoms with Gasteiger partial charge in [-0.3, -0.25) is 4.79 Å². The highest BCUT2D eigenvalue weighted by atomic mass is 35.5. The Morgan fingerprint density at radius 1 is 1.44 bits per heavy atom. The summed E-state index contributed by atoms with van der Waals surface area (Å²) in [7, 11) is 0. The van der Waals surface area contributed by atoms with Crippen molar-refractivity contribution in [1.82, 2.24) is 4.98 Å². The summed E-state index contributed by atoms with van der Waals surface area (Å²) in [6.45, 7) is 1.91. The molecule has 0 radical (unpaired) electrons. The summed E-state index contributed by atoms with van der Waals surface area (Å²) in [4.78, 5) is 16.5. The maximum atomic E-state index is 11.3. The number of carbonyl (C=O) groups is 1. The van der Waals surface area contributed by atoms with E-state index in [0.717, 1.165) is 15.4 Å². The number of aryl methyl sites for hydroxylation is 1. The maximum Gasteiger partial charge on any atom is 0.311 e. The highest BCUT2D eigenvalue weighted by Gasteiger charge is 2.21. The molecule has 1 unspecified atom stereocenters. The van der Waals surface area contributed by atoms with Crippen molar-refractivity contribution in [3.8, 4) is 0 Å². The molecule has 2 aromatic rings. The van der Waals surface area contributed by atoms with Gasteiger partial charge in [-0.05, 0) is 24.6 Å². The van der Waals surface area contributed by atoms with Crippen LogP contribution in [0.25, 0.3) is 0 Å². The van der Waals surface area contributed by atoms with Crippen LogP contribution < -0.4 is 0 Å². The summed E-state index contributed by atoms with van der Waals surface area (Å²) in [5.74, 6) is -1.38. The summed E-state index contributed by atoms with van der Waals surface area (Å²) >= 11 is 7.33. The molecule has 1 aromatic heterocycles. The third kappa shape index (κ3) is 3.09. The lowest BCUT2D eigenvalue weighted by molar-refractivity contribution is -0.138. The molecule has 0 fully saturated rings. The number of nitrogens with zero attached hydrogens (tertiary/aromatic N) is 1. The molecule has 1 heterocycles. The van der Waals surface area contributed by atoms with Gasteiger partial charge in [0, 0.05) is 22.5 Å². The number of benzene rings is 1. The monoisotopic (exact) mass is 281 g/mol. The number of aliphatic carboxylic acids is 1. The fourth-order valence-corrected chi connectivity index (χ4v) is 2.71. The molecule has 2 rings (SSSR count). The van der Waals surface area contributed by atoms with Crippen molar-refractivity contribution < 1.29 is 9.90 Å². The Hall–Kier alpha value is -1.39.